The molecule has 0 atom stereocenters. The lowest BCUT2D eigenvalue weighted by atomic mass is 10.3. The minimum atomic E-state index is -0.534. The maximum absolute atomic E-state index is 10.1. The van der Waals surface area contributed by atoms with Crippen molar-refractivity contribution < 1.29 is 10.0 Å². The molecule has 5 nitrogen and oxygen atoms in total. The van der Waals surface area contributed by atoms with Gasteiger partial charge in [-0.3, -0.25) is 15.1 Å². The molecule has 0 aliphatic carbocycles. The number of pyridine rings is 1. The van der Waals surface area contributed by atoms with Gasteiger partial charge < -0.3 is 5.11 Å². The molecule has 1 rings (SSSR count). The Kier molecular flexibility index (Phi) is 5.38. The maximum atomic E-state index is 10.1. The highest BCUT2D eigenvalue weighted by atomic mass is 16.6. The summed E-state index contributed by atoms with van der Waals surface area (Å²) in [6.45, 7) is 3.80. The normalized spacial score (nSPS) is 8.54. The second-order valence-corrected chi connectivity index (χ2v) is 1.92. The van der Waals surface area contributed by atoms with Gasteiger partial charge in [0, 0.05) is 6.07 Å². The van der Waals surface area contributed by atoms with Gasteiger partial charge in [0.15, 0.2) is 0 Å². The molecule has 0 fully saturated rings. The van der Waals surface area contributed by atoms with Crippen LogP contribution in [0.4, 0.5) is 5.69 Å². The Balaban J connectivity index is 0.000000671. The molecular weight excluding hydrogens is 172 g/mol. The number of nitro groups is 1. The molecule has 0 aliphatic heterocycles. The van der Waals surface area contributed by atoms with Crippen LogP contribution in [0.2, 0.25) is 0 Å². The summed E-state index contributed by atoms with van der Waals surface area (Å²) in [5.74, 6) is 0. The average Bonchev–Trinajstić information content (AvgIpc) is 2.21. The standard InChI is InChI=1S/C6H6N2O3.C2H6/c9-4-5-1-2-6(3-7-5)8(10)11;1-2/h1-3,9H,4H2;1-2H3. The molecule has 0 saturated carbocycles. The molecule has 1 N–H and O–H groups in total. The third kappa shape index (κ3) is 3.62. The second kappa shape index (κ2) is 6.07. The van der Waals surface area contributed by atoms with Crippen LogP contribution in [0.25, 0.3) is 0 Å². The smallest absolute Gasteiger partial charge is 0.287 e. The van der Waals surface area contributed by atoms with E-state index in [1.54, 1.807) is 0 Å². The van der Waals surface area contributed by atoms with Crippen LogP contribution < -0.4 is 0 Å². The van der Waals surface area contributed by atoms with E-state index < -0.39 is 4.92 Å². The van der Waals surface area contributed by atoms with Crippen molar-refractivity contribution in [2.24, 2.45) is 0 Å². The molecule has 1 aromatic rings. The van der Waals surface area contributed by atoms with E-state index in [0.29, 0.717) is 5.69 Å². The first-order chi connectivity index (χ1) is 6.24. The average molecular weight is 184 g/mol. The Bertz CT molecular complexity index is 259. The monoisotopic (exact) mass is 184 g/mol. The van der Waals surface area contributed by atoms with Gasteiger partial charge in [0.1, 0.15) is 6.20 Å². The molecule has 0 aliphatic rings. The van der Waals surface area contributed by atoms with E-state index in [0.717, 1.165) is 6.20 Å². The van der Waals surface area contributed by atoms with Crippen LogP contribution in [-0.4, -0.2) is 15.0 Å². The zero-order valence-electron chi connectivity index (χ0n) is 7.60. The molecule has 72 valence electrons. The number of nitrogens with zero attached hydrogens (tertiary/aromatic N) is 2. The fraction of sp³-hybridized carbons (Fsp3) is 0.375. The molecule has 1 aromatic heterocycles. The lowest BCUT2D eigenvalue weighted by Gasteiger charge is -1.92. The molecule has 0 aromatic carbocycles. The summed E-state index contributed by atoms with van der Waals surface area (Å²) < 4.78 is 0. The number of aliphatic hydroxyl groups excluding tert-OH is 1. The highest BCUT2D eigenvalue weighted by Gasteiger charge is 2.03. The van der Waals surface area contributed by atoms with Crippen LogP contribution in [0.5, 0.6) is 0 Å². The van der Waals surface area contributed by atoms with Gasteiger partial charge in [0.2, 0.25) is 0 Å². The third-order valence-corrected chi connectivity index (χ3v) is 1.18. The summed E-state index contributed by atoms with van der Waals surface area (Å²) >= 11 is 0. The molecule has 0 amide bonds. The predicted molar refractivity (Wildman–Crippen MR) is 48.2 cm³/mol. The number of hydrogen-bond donors (Lipinski definition) is 1. The Morgan fingerprint density at radius 1 is 1.54 bits per heavy atom. The third-order valence-electron chi connectivity index (χ3n) is 1.18. The summed E-state index contributed by atoms with van der Waals surface area (Å²) in [6.07, 6.45) is 1.12. The van der Waals surface area contributed by atoms with Crippen molar-refractivity contribution in [3.63, 3.8) is 0 Å². The van der Waals surface area contributed by atoms with E-state index >= 15 is 0 Å². The van der Waals surface area contributed by atoms with Crippen molar-refractivity contribution in [2.75, 3.05) is 0 Å². The Labute approximate surface area is 76.2 Å². The van der Waals surface area contributed by atoms with Crippen LogP contribution in [-0.2, 0) is 6.61 Å². The van der Waals surface area contributed by atoms with Crippen molar-refractivity contribution in [1.82, 2.24) is 4.98 Å². The lowest BCUT2D eigenvalue weighted by Crippen LogP contribution is -1.92. The van der Waals surface area contributed by atoms with E-state index in [9.17, 15) is 10.1 Å². The lowest BCUT2D eigenvalue weighted by molar-refractivity contribution is -0.385. The van der Waals surface area contributed by atoms with Crippen LogP contribution in [0, 0.1) is 10.1 Å². The molecule has 5 heteroatoms. The van der Waals surface area contributed by atoms with Gasteiger partial charge in [0.25, 0.3) is 5.69 Å². The molecule has 0 spiro atoms. The summed E-state index contributed by atoms with van der Waals surface area (Å²) in [5, 5.41) is 18.6. The predicted octanol–water partition coefficient (Wildman–Crippen LogP) is 1.51. The van der Waals surface area contributed by atoms with Crippen molar-refractivity contribution in [3.05, 3.63) is 34.1 Å². The fourth-order valence-electron chi connectivity index (χ4n) is 0.618. The van der Waals surface area contributed by atoms with Crippen LogP contribution in [0.15, 0.2) is 18.3 Å². The Hall–Kier alpha value is -1.49. The number of aliphatic hydroxyl groups is 1. The second-order valence-electron chi connectivity index (χ2n) is 1.92. The summed E-state index contributed by atoms with van der Waals surface area (Å²) in [6, 6.07) is 2.72. The highest BCUT2D eigenvalue weighted by molar-refractivity contribution is 5.26. The maximum Gasteiger partial charge on any atom is 0.287 e. The van der Waals surface area contributed by atoms with Crippen LogP contribution in [0.3, 0.4) is 0 Å². The first kappa shape index (κ1) is 11.5. The van der Waals surface area contributed by atoms with Gasteiger partial charge in [0.05, 0.1) is 17.2 Å². The van der Waals surface area contributed by atoms with Gasteiger partial charge in [-0.2, -0.15) is 0 Å². The van der Waals surface area contributed by atoms with Gasteiger partial charge in [-0.05, 0) is 6.07 Å². The fourth-order valence-corrected chi connectivity index (χ4v) is 0.618. The minimum Gasteiger partial charge on any atom is -0.390 e. The summed E-state index contributed by atoms with van der Waals surface area (Å²) in [4.78, 5) is 13.2. The number of rotatable bonds is 2. The summed E-state index contributed by atoms with van der Waals surface area (Å²) in [5.41, 5.74) is 0.359. The molecule has 0 radical (unpaired) electrons. The van der Waals surface area contributed by atoms with Gasteiger partial charge >= 0.3 is 0 Å². The van der Waals surface area contributed by atoms with Crippen molar-refractivity contribution in [2.45, 2.75) is 20.5 Å². The summed E-state index contributed by atoms with van der Waals surface area (Å²) in [7, 11) is 0. The quantitative estimate of drug-likeness (QED) is 0.558. The van der Waals surface area contributed by atoms with Gasteiger partial charge in [-0.15, -0.1) is 0 Å². The molecule has 0 unspecified atom stereocenters. The number of hydrogen-bond acceptors (Lipinski definition) is 4. The Morgan fingerprint density at radius 2 is 2.15 bits per heavy atom. The molecule has 1 heterocycles. The van der Waals surface area contributed by atoms with E-state index in [1.807, 2.05) is 13.8 Å². The van der Waals surface area contributed by atoms with E-state index in [1.165, 1.54) is 12.1 Å². The number of aromatic nitrogens is 1. The van der Waals surface area contributed by atoms with Gasteiger partial charge in [-0.1, -0.05) is 13.8 Å². The molecule has 0 bridgehead atoms. The first-order valence-corrected chi connectivity index (χ1v) is 3.94. The molecule has 0 saturated heterocycles. The van der Waals surface area contributed by atoms with E-state index in [-0.39, 0.29) is 12.3 Å². The topological polar surface area (TPSA) is 76.3 Å². The Morgan fingerprint density at radius 3 is 2.46 bits per heavy atom. The van der Waals surface area contributed by atoms with Crippen molar-refractivity contribution in [1.29, 1.82) is 0 Å². The van der Waals surface area contributed by atoms with Crippen LogP contribution >= 0.6 is 0 Å². The van der Waals surface area contributed by atoms with Crippen molar-refractivity contribution in [3.8, 4) is 0 Å². The van der Waals surface area contributed by atoms with E-state index in [2.05, 4.69) is 4.98 Å². The first-order valence-electron chi connectivity index (χ1n) is 3.94. The molecular formula is C8H12N2O3. The van der Waals surface area contributed by atoms with E-state index in [4.69, 9.17) is 5.11 Å². The molecule has 13 heavy (non-hydrogen) atoms. The highest BCUT2D eigenvalue weighted by Crippen LogP contribution is 2.08. The zero-order chi connectivity index (χ0) is 10.3. The van der Waals surface area contributed by atoms with Crippen LogP contribution in [0.1, 0.15) is 19.5 Å². The zero-order valence-corrected chi connectivity index (χ0v) is 7.60. The van der Waals surface area contributed by atoms with Gasteiger partial charge in [-0.25, -0.2) is 0 Å². The SMILES string of the molecule is CC.O=[N+]([O-])c1ccc(CO)nc1. The largest absolute Gasteiger partial charge is 0.390 e. The van der Waals surface area contributed by atoms with Crippen molar-refractivity contribution >= 4 is 5.69 Å². The minimum absolute atomic E-state index is 0.0674.